The second-order valence-electron chi connectivity index (χ2n) is 3.99. The summed E-state index contributed by atoms with van der Waals surface area (Å²) in [5.41, 5.74) is 7.17. The van der Waals surface area contributed by atoms with Crippen LogP contribution in [-0.4, -0.2) is 23.7 Å². The van der Waals surface area contributed by atoms with Gasteiger partial charge in [-0.05, 0) is 31.5 Å². The Morgan fingerprint density at radius 2 is 2.19 bits per heavy atom. The number of nitrogens with one attached hydrogen (secondary N) is 1. The van der Waals surface area contributed by atoms with Crippen LogP contribution in [0.1, 0.15) is 25.3 Å². The Labute approximate surface area is 95.5 Å². The molecule has 16 heavy (non-hydrogen) atoms. The van der Waals surface area contributed by atoms with Crippen LogP contribution in [0.25, 0.3) is 0 Å². The van der Waals surface area contributed by atoms with Crippen molar-refractivity contribution in [3.8, 4) is 0 Å². The molecule has 4 N–H and O–H groups in total. The highest BCUT2D eigenvalue weighted by Gasteiger charge is 2.15. The summed E-state index contributed by atoms with van der Waals surface area (Å²) in [5.74, 6) is -0.367. The number of nitrogens with two attached hydrogens (primary N) is 1. The third-order valence-electron chi connectivity index (χ3n) is 2.38. The average Bonchev–Trinajstić information content (AvgIpc) is 2.24. The number of amides is 1. The molecule has 4 heteroatoms. The first-order chi connectivity index (χ1) is 7.50. The molecule has 0 saturated carbocycles. The quantitative estimate of drug-likeness (QED) is 0.662. The van der Waals surface area contributed by atoms with Crippen LogP contribution >= 0.6 is 0 Å². The Morgan fingerprint density at radius 1 is 1.50 bits per heavy atom. The number of carbonyl (C=O) groups is 1. The average molecular weight is 222 g/mol. The minimum absolute atomic E-state index is 0.105. The normalized spacial score (nSPS) is 14.2. The summed E-state index contributed by atoms with van der Waals surface area (Å²) >= 11 is 0. The number of hydrogen-bond acceptors (Lipinski definition) is 3. The Morgan fingerprint density at radius 3 is 2.75 bits per heavy atom. The monoisotopic (exact) mass is 222 g/mol. The Bertz CT molecular complexity index is 364. The molecule has 0 bridgehead atoms. The third-order valence-corrected chi connectivity index (χ3v) is 2.38. The highest BCUT2D eigenvalue weighted by molar-refractivity contribution is 5.83. The lowest BCUT2D eigenvalue weighted by Gasteiger charge is -2.13. The van der Waals surface area contributed by atoms with E-state index in [4.69, 9.17) is 10.8 Å². The van der Waals surface area contributed by atoms with E-state index in [1.165, 1.54) is 0 Å². The van der Waals surface area contributed by atoms with Crippen molar-refractivity contribution in [3.63, 3.8) is 0 Å². The van der Waals surface area contributed by atoms with Gasteiger partial charge in [-0.3, -0.25) is 4.79 Å². The summed E-state index contributed by atoms with van der Waals surface area (Å²) in [4.78, 5) is 11.7. The number of benzene rings is 1. The van der Waals surface area contributed by atoms with Gasteiger partial charge in [0.25, 0.3) is 0 Å². The maximum Gasteiger partial charge on any atom is 0.227 e. The summed E-state index contributed by atoms with van der Waals surface area (Å²) in [7, 11) is 0. The molecule has 4 nitrogen and oxygen atoms in total. The number of aliphatic hydroxyl groups is 1. The summed E-state index contributed by atoms with van der Waals surface area (Å²) in [6.07, 6.45) is -0.531. The second-order valence-corrected chi connectivity index (χ2v) is 3.99. The molecule has 1 amide bonds. The fourth-order valence-corrected chi connectivity index (χ4v) is 1.38. The molecule has 1 aromatic carbocycles. The molecular weight excluding hydrogens is 204 g/mol. The maximum absolute atomic E-state index is 11.7. The molecule has 0 aliphatic rings. The number of hydrogen-bond donors (Lipinski definition) is 3. The van der Waals surface area contributed by atoms with Gasteiger partial charge in [0.1, 0.15) is 0 Å². The van der Waals surface area contributed by atoms with E-state index < -0.39 is 6.10 Å². The van der Waals surface area contributed by atoms with Gasteiger partial charge >= 0.3 is 0 Å². The molecule has 1 aromatic rings. The van der Waals surface area contributed by atoms with Crippen molar-refractivity contribution in [2.45, 2.75) is 25.9 Å². The Hall–Kier alpha value is -1.55. The molecular formula is C12H18N2O2. The molecule has 0 spiro atoms. The number of anilines is 1. The van der Waals surface area contributed by atoms with Crippen LogP contribution in [0, 0.1) is 0 Å². The molecule has 2 atom stereocenters. The number of aliphatic hydroxyl groups excluding tert-OH is 1. The highest BCUT2D eigenvalue weighted by atomic mass is 16.3. The summed E-state index contributed by atoms with van der Waals surface area (Å²) in [6, 6.07) is 7.25. The van der Waals surface area contributed by atoms with Crippen molar-refractivity contribution in [1.82, 2.24) is 5.32 Å². The number of nitrogen functional groups attached to an aromatic ring is 1. The zero-order valence-corrected chi connectivity index (χ0v) is 9.60. The van der Waals surface area contributed by atoms with E-state index in [0.717, 1.165) is 5.56 Å². The van der Waals surface area contributed by atoms with Crippen LogP contribution in [0.4, 0.5) is 5.69 Å². The molecule has 88 valence electrons. The van der Waals surface area contributed by atoms with Crippen molar-refractivity contribution in [3.05, 3.63) is 29.8 Å². The molecule has 1 rings (SSSR count). The lowest BCUT2D eigenvalue weighted by Crippen LogP contribution is -2.33. The zero-order valence-electron chi connectivity index (χ0n) is 9.60. The van der Waals surface area contributed by atoms with Crippen LogP contribution < -0.4 is 11.1 Å². The molecule has 0 heterocycles. The molecule has 0 radical (unpaired) electrons. The lowest BCUT2D eigenvalue weighted by atomic mass is 10.00. The highest BCUT2D eigenvalue weighted by Crippen LogP contribution is 2.17. The van der Waals surface area contributed by atoms with Crippen molar-refractivity contribution in [1.29, 1.82) is 0 Å². The van der Waals surface area contributed by atoms with Crippen LogP contribution in [0.2, 0.25) is 0 Å². The zero-order chi connectivity index (χ0) is 12.1. The largest absolute Gasteiger partial charge is 0.399 e. The molecule has 0 fully saturated rings. The fraction of sp³-hybridized carbons (Fsp3) is 0.417. The number of carbonyl (C=O) groups excluding carboxylic acids is 1. The predicted molar refractivity (Wildman–Crippen MR) is 64.0 cm³/mol. The molecule has 1 unspecified atom stereocenters. The van der Waals surface area contributed by atoms with Crippen LogP contribution in [-0.2, 0) is 4.79 Å². The van der Waals surface area contributed by atoms with Gasteiger partial charge in [0, 0.05) is 12.2 Å². The SMILES string of the molecule is CC(C(=O)NC[C@H](C)O)c1cccc(N)c1. The van der Waals surface area contributed by atoms with Crippen molar-refractivity contribution < 1.29 is 9.90 Å². The van der Waals surface area contributed by atoms with Crippen LogP contribution in [0.3, 0.4) is 0 Å². The van der Waals surface area contributed by atoms with E-state index in [-0.39, 0.29) is 18.4 Å². The van der Waals surface area contributed by atoms with E-state index >= 15 is 0 Å². The Kier molecular flexibility index (Phi) is 4.31. The molecule has 0 aliphatic carbocycles. The van der Waals surface area contributed by atoms with Gasteiger partial charge in [-0.1, -0.05) is 12.1 Å². The van der Waals surface area contributed by atoms with E-state index in [1.54, 1.807) is 19.1 Å². The first-order valence-electron chi connectivity index (χ1n) is 5.32. The van der Waals surface area contributed by atoms with Crippen LogP contribution in [0.5, 0.6) is 0 Å². The Balaban J connectivity index is 2.63. The third kappa shape index (κ3) is 3.55. The van der Waals surface area contributed by atoms with Crippen molar-refractivity contribution in [2.24, 2.45) is 0 Å². The van der Waals surface area contributed by atoms with Gasteiger partial charge in [0.15, 0.2) is 0 Å². The van der Waals surface area contributed by atoms with Crippen LogP contribution in [0.15, 0.2) is 24.3 Å². The van der Waals surface area contributed by atoms with Gasteiger partial charge in [-0.15, -0.1) is 0 Å². The second kappa shape index (κ2) is 5.51. The van der Waals surface area contributed by atoms with E-state index in [1.807, 2.05) is 19.1 Å². The van der Waals surface area contributed by atoms with Gasteiger partial charge in [-0.2, -0.15) is 0 Å². The summed E-state index contributed by atoms with van der Waals surface area (Å²) in [6.45, 7) is 3.71. The molecule has 0 aromatic heterocycles. The first-order valence-corrected chi connectivity index (χ1v) is 5.32. The van der Waals surface area contributed by atoms with E-state index in [2.05, 4.69) is 5.32 Å². The van der Waals surface area contributed by atoms with Crippen molar-refractivity contribution >= 4 is 11.6 Å². The van der Waals surface area contributed by atoms with Gasteiger partial charge in [-0.25, -0.2) is 0 Å². The van der Waals surface area contributed by atoms with E-state index in [0.29, 0.717) is 5.69 Å². The molecule has 0 saturated heterocycles. The minimum Gasteiger partial charge on any atom is -0.399 e. The van der Waals surface area contributed by atoms with Gasteiger partial charge in [0.2, 0.25) is 5.91 Å². The fourth-order valence-electron chi connectivity index (χ4n) is 1.38. The smallest absolute Gasteiger partial charge is 0.227 e. The lowest BCUT2D eigenvalue weighted by molar-refractivity contribution is -0.122. The topological polar surface area (TPSA) is 75.3 Å². The van der Waals surface area contributed by atoms with Gasteiger partial charge < -0.3 is 16.2 Å². The summed E-state index contributed by atoms with van der Waals surface area (Å²) < 4.78 is 0. The number of rotatable bonds is 4. The first kappa shape index (κ1) is 12.5. The summed E-state index contributed by atoms with van der Waals surface area (Å²) in [5, 5.41) is 11.7. The standard InChI is InChI=1S/C12H18N2O2/c1-8(15)7-14-12(16)9(2)10-4-3-5-11(13)6-10/h3-6,8-9,15H,7,13H2,1-2H3,(H,14,16)/t8-,9?/m0/s1. The van der Waals surface area contributed by atoms with E-state index in [9.17, 15) is 4.79 Å². The minimum atomic E-state index is -0.531. The van der Waals surface area contributed by atoms with Crippen molar-refractivity contribution in [2.75, 3.05) is 12.3 Å². The molecule has 0 aliphatic heterocycles. The predicted octanol–water partition coefficient (Wildman–Crippen LogP) is 0.869. The maximum atomic E-state index is 11.7. The van der Waals surface area contributed by atoms with Gasteiger partial charge in [0.05, 0.1) is 12.0 Å².